The molecule has 1 aromatic heterocycles. The second-order valence-corrected chi connectivity index (χ2v) is 2.35. The molecule has 9 heavy (non-hydrogen) atoms. The van der Waals surface area contributed by atoms with Gasteiger partial charge in [-0.15, -0.1) is 0 Å². The van der Waals surface area contributed by atoms with E-state index in [4.69, 9.17) is 5.73 Å². The first kappa shape index (κ1) is 6.46. The van der Waals surface area contributed by atoms with Crippen molar-refractivity contribution in [1.29, 1.82) is 0 Å². The molecular weight excluding hydrogens is 235 g/mol. The molecule has 0 aromatic carbocycles. The molecule has 48 valence electrons. The van der Waals surface area contributed by atoms with Crippen molar-refractivity contribution in [1.82, 2.24) is 12.7 Å². The average molecular weight is 238 g/mol. The predicted octanol–water partition coefficient (Wildman–Crippen LogP) is -0.581. The van der Waals surface area contributed by atoms with Gasteiger partial charge in [0.15, 0.2) is 0 Å². The summed E-state index contributed by atoms with van der Waals surface area (Å²) >= 11 is 1.76. The van der Waals surface area contributed by atoms with Crippen LogP contribution in [0.2, 0.25) is 0 Å². The Morgan fingerprint density at radius 3 is 2.89 bits per heavy atom. The van der Waals surface area contributed by atoms with E-state index in [1.807, 2.05) is 0 Å². The van der Waals surface area contributed by atoms with Crippen molar-refractivity contribution < 1.29 is 0 Å². The number of nitrogen functional groups attached to an aromatic ring is 1. The van der Waals surface area contributed by atoms with Crippen molar-refractivity contribution in [2.75, 3.05) is 5.73 Å². The summed E-state index contributed by atoms with van der Waals surface area (Å²) in [6.07, 6.45) is 1.31. The van der Waals surface area contributed by atoms with Crippen LogP contribution in [0.3, 0.4) is 0 Å². The van der Waals surface area contributed by atoms with Crippen molar-refractivity contribution in [2.45, 2.75) is 0 Å². The molecular formula is C3H3IN4O. The Bertz CT molecular complexity index is 269. The number of hydrogen-bond acceptors (Lipinski definition) is 4. The van der Waals surface area contributed by atoms with E-state index in [1.165, 1.54) is 9.11 Å². The van der Waals surface area contributed by atoms with Crippen LogP contribution in [0.1, 0.15) is 0 Å². The first-order chi connectivity index (χ1) is 4.20. The van der Waals surface area contributed by atoms with Gasteiger partial charge >= 0.3 is 5.69 Å². The van der Waals surface area contributed by atoms with Crippen molar-refractivity contribution >= 4 is 28.8 Å². The van der Waals surface area contributed by atoms with E-state index in [1.54, 1.807) is 22.9 Å². The second-order valence-electron chi connectivity index (χ2n) is 1.31. The highest BCUT2D eigenvalue weighted by Gasteiger charge is 1.91. The molecule has 5 nitrogen and oxygen atoms in total. The minimum Gasteiger partial charge on any atom is -0.368 e. The molecule has 0 fully saturated rings. The summed E-state index contributed by atoms with van der Waals surface area (Å²) in [4.78, 5) is 17.5. The van der Waals surface area contributed by atoms with Crippen LogP contribution in [0.4, 0.5) is 5.95 Å². The molecule has 1 heterocycles. The minimum absolute atomic E-state index is 0.00733. The normalized spacial score (nSPS) is 9.44. The molecule has 0 unspecified atom stereocenters. The van der Waals surface area contributed by atoms with Gasteiger partial charge in [0.05, 0.1) is 22.9 Å². The predicted molar refractivity (Wildman–Crippen MR) is 40.1 cm³/mol. The molecule has 0 atom stereocenters. The summed E-state index contributed by atoms with van der Waals surface area (Å²) < 4.78 is 1.22. The maximum Gasteiger partial charge on any atom is 0.361 e. The SMILES string of the molecule is Nc1ncn(I)c(=O)n1. The smallest absolute Gasteiger partial charge is 0.361 e. The maximum absolute atomic E-state index is 10.6. The van der Waals surface area contributed by atoms with Crippen molar-refractivity contribution in [3.8, 4) is 0 Å². The third-order valence-corrected chi connectivity index (χ3v) is 1.35. The van der Waals surface area contributed by atoms with E-state index in [0.717, 1.165) is 0 Å². The maximum atomic E-state index is 10.6. The van der Waals surface area contributed by atoms with E-state index in [0.29, 0.717) is 0 Å². The minimum atomic E-state index is -0.400. The Hall–Kier alpha value is -0.660. The zero-order valence-corrected chi connectivity index (χ0v) is 6.44. The van der Waals surface area contributed by atoms with Crippen LogP contribution in [-0.4, -0.2) is 12.7 Å². The average Bonchev–Trinajstić information content (AvgIpc) is 1.80. The van der Waals surface area contributed by atoms with E-state index in [2.05, 4.69) is 9.97 Å². The lowest BCUT2D eigenvalue weighted by Crippen LogP contribution is -2.17. The number of nitrogens with zero attached hydrogens (tertiary/aromatic N) is 3. The highest BCUT2D eigenvalue weighted by atomic mass is 127. The number of hydrogen-bond donors (Lipinski definition) is 1. The Labute approximate surface area is 64.4 Å². The van der Waals surface area contributed by atoms with Crippen LogP contribution in [0.25, 0.3) is 0 Å². The number of halogens is 1. The Kier molecular flexibility index (Phi) is 1.65. The molecule has 1 aromatic rings. The lowest BCUT2D eigenvalue weighted by atomic mass is 11.0. The Morgan fingerprint density at radius 1 is 1.78 bits per heavy atom. The molecule has 0 radical (unpaired) electrons. The van der Waals surface area contributed by atoms with E-state index < -0.39 is 5.69 Å². The largest absolute Gasteiger partial charge is 0.368 e. The van der Waals surface area contributed by atoms with Gasteiger partial charge < -0.3 is 5.73 Å². The molecule has 0 saturated heterocycles. The van der Waals surface area contributed by atoms with Gasteiger partial charge in [-0.2, -0.15) is 4.98 Å². The summed E-state index contributed by atoms with van der Waals surface area (Å²) in [6.45, 7) is 0. The van der Waals surface area contributed by atoms with Gasteiger partial charge in [-0.25, -0.2) is 12.6 Å². The fourth-order valence-corrected chi connectivity index (χ4v) is 0.566. The topological polar surface area (TPSA) is 73.8 Å². The molecule has 1 rings (SSSR count). The molecule has 0 amide bonds. The lowest BCUT2D eigenvalue weighted by Gasteiger charge is -1.89. The fraction of sp³-hybridized carbons (Fsp3) is 0. The zero-order valence-electron chi connectivity index (χ0n) is 4.28. The molecule has 2 N–H and O–H groups in total. The summed E-state index contributed by atoms with van der Waals surface area (Å²) in [5.41, 5.74) is 4.69. The van der Waals surface area contributed by atoms with Gasteiger partial charge in [-0.05, 0) is 0 Å². The van der Waals surface area contributed by atoms with Crippen LogP contribution in [0.15, 0.2) is 11.1 Å². The van der Waals surface area contributed by atoms with Gasteiger partial charge in [-0.1, -0.05) is 0 Å². The highest BCUT2D eigenvalue weighted by Crippen LogP contribution is 1.85. The molecule has 0 aliphatic heterocycles. The van der Waals surface area contributed by atoms with Crippen LogP contribution < -0.4 is 11.4 Å². The molecule has 0 bridgehead atoms. The van der Waals surface area contributed by atoms with Gasteiger partial charge in [0.1, 0.15) is 6.33 Å². The quantitative estimate of drug-likeness (QED) is 0.613. The van der Waals surface area contributed by atoms with Crippen LogP contribution in [-0.2, 0) is 0 Å². The van der Waals surface area contributed by atoms with Gasteiger partial charge in [-0.3, -0.25) is 0 Å². The summed E-state index contributed by atoms with van der Waals surface area (Å²) in [6, 6.07) is 0. The monoisotopic (exact) mass is 238 g/mol. The van der Waals surface area contributed by atoms with Gasteiger partial charge in [0, 0.05) is 0 Å². The lowest BCUT2D eigenvalue weighted by molar-refractivity contribution is 0.980. The zero-order chi connectivity index (χ0) is 6.85. The first-order valence-electron chi connectivity index (χ1n) is 2.07. The Balaban J connectivity index is 3.34. The van der Waals surface area contributed by atoms with Crippen molar-refractivity contribution in [2.24, 2.45) is 0 Å². The van der Waals surface area contributed by atoms with Crippen LogP contribution in [0, 0.1) is 0 Å². The molecule has 0 aliphatic rings. The second kappa shape index (κ2) is 2.29. The highest BCUT2D eigenvalue weighted by molar-refractivity contribution is 14.1. The third-order valence-electron chi connectivity index (χ3n) is 0.684. The van der Waals surface area contributed by atoms with Gasteiger partial charge in [0.2, 0.25) is 5.95 Å². The Morgan fingerprint density at radius 2 is 2.44 bits per heavy atom. The summed E-state index contributed by atoms with van der Waals surface area (Å²) in [5.74, 6) is 0.00733. The number of aromatic nitrogens is 3. The van der Waals surface area contributed by atoms with Crippen LogP contribution >= 0.6 is 22.9 Å². The summed E-state index contributed by atoms with van der Waals surface area (Å²) in [5, 5.41) is 0. The number of anilines is 1. The van der Waals surface area contributed by atoms with E-state index in [-0.39, 0.29) is 5.95 Å². The summed E-state index contributed by atoms with van der Waals surface area (Å²) in [7, 11) is 0. The fourth-order valence-electron chi connectivity index (χ4n) is 0.334. The number of rotatable bonds is 0. The van der Waals surface area contributed by atoms with Crippen LogP contribution in [0.5, 0.6) is 0 Å². The molecule has 0 aliphatic carbocycles. The molecule has 6 heteroatoms. The van der Waals surface area contributed by atoms with E-state index >= 15 is 0 Å². The van der Waals surface area contributed by atoms with Crippen molar-refractivity contribution in [3.05, 3.63) is 16.8 Å². The van der Waals surface area contributed by atoms with E-state index in [9.17, 15) is 4.79 Å². The first-order valence-corrected chi connectivity index (χ1v) is 3.04. The van der Waals surface area contributed by atoms with Crippen molar-refractivity contribution in [3.63, 3.8) is 0 Å². The molecule has 0 spiro atoms. The number of nitrogens with two attached hydrogens (primary N) is 1. The van der Waals surface area contributed by atoms with Gasteiger partial charge in [0.25, 0.3) is 0 Å². The standard InChI is InChI=1S/C3H3IN4O/c4-8-1-6-2(5)7-3(8)9/h1H,(H2,5,7,9). The third kappa shape index (κ3) is 1.37. The molecule has 0 saturated carbocycles.